The number of H-pyrrole nitrogens is 1. The minimum Gasteiger partial charge on any atom is -0.454 e. The molecular weight excluding hydrogens is 294 g/mol. The predicted octanol–water partition coefficient (Wildman–Crippen LogP) is 1.69. The second kappa shape index (κ2) is 7.02. The molecule has 23 heavy (non-hydrogen) atoms. The van der Waals surface area contributed by atoms with Crippen LogP contribution in [0.2, 0.25) is 0 Å². The largest absolute Gasteiger partial charge is 0.454 e. The Bertz CT molecular complexity index is 738. The van der Waals surface area contributed by atoms with Crippen molar-refractivity contribution in [1.29, 1.82) is 0 Å². The Balaban J connectivity index is 1.70. The van der Waals surface area contributed by atoms with Crippen molar-refractivity contribution in [1.82, 2.24) is 15.2 Å². The summed E-state index contributed by atoms with van der Waals surface area (Å²) in [6.45, 7) is 9.03. The summed E-state index contributed by atoms with van der Waals surface area (Å²) in [6.07, 6.45) is 0. The average molecular weight is 317 g/mol. The normalized spacial score (nSPS) is 13.2. The number of aromatic amines is 1. The number of hydrogen-bond acceptors (Lipinski definition) is 5. The van der Waals surface area contributed by atoms with E-state index in [4.69, 9.17) is 9.47 Å². The zero-order valence-corrected chi connectivity index (χ0v) is 13.6. The zero-order chi connectivity index (χ0) is 16.2. The molecule has 0 saturated heterocycles. The van der Waals surface area contributed by atoms with Crippen LogP contribution in [0.4, 0.5) is 0 Å². The summed E-state index contributed by atoms with van der Waals surface area (Å²) < 4.78 is 10.7. The smallest absolute Gasteiger partial charge is 0.252 e. The molecule has 1 aliphatic heterocycles. The van der Waals surface area contributed by atoms with E-state index < -0.39 is 0 Å². The highest BCUT2D eigenvalue weighted by Crippen LogP contribution is 2.35. The molecule has 0 saturated carbocycles. The van der Waals surface area contributed by atoms with Crippen molar-refractivity contribution < 1.29 is 9.47 Å². The molecule has 0 aliphatic carbocycles. The van der Waals surface area contributed by atoms with Gasteiger partial charge in [-0.3, -0.25) is 4.79 Å². The molecule has 0 radical (unpaired) electrons. The number of nitrogens with zero attached hydrogens (tertiary/aromatic N) is 1. The fraction of sp³-hybridized carbons (Fsp3) is 0.471. The van der Waals surface area contributed by atoms with Crippen molar-refractivity contribution in [3.63, 3.8) is 0 Å². The summed E-state index contributed by atoms with van der Waals surface area (Å²) in [5.74, 6) is 1.41. The number of benzene rings is 1. The minimum absolute atomic E-state index is 0.0632. The van der Waals surface area contributed by atoms with Gasteiger partial charge in [-0.2, -0.15) is 0 Å². The third-order valence-corrected chi connectivity index (χ3v) is 4.23. The lowest BCUT2D eigenvalue weighted by atomic mass is 10.1. The van der Waals surface area contributed by atoms with Gasteiger partial charge in [0, 0.05) is 36.7 Å². The highest BCUT2D eigenvalue weighted by atomic mass is 16.7. The Hall–Kier alpha value is -2.05. The van der Waals surface area contributed by atoms with Crippen LogP contribution in [-0.2, 0) is 6.54 Å². The summed E-state index contributed by atoms with van der Waals surface area (Å²) in [4.78, 5) is 17.5. The lowest BCUT2D eigenvalue weighted by molar-refractivity contribution is 0.174. The Morgan fingerprint density at radius 3 is 2.65 bits per heavy atom. The van der Waals surface area contributed by atoms with E-state index in [1.165, 1.54) is 0 Å². The first-order valence-corrected chi connectivity index (χ1v) is 8.10. The number of rotatable bonds is 7. The molecule has 0 amide bonds. The summed E-state index contributed by atoms with van der Waals surface area (Å²) in [7, 11) is 0. The fourth-order valence-corrected chi connectivity index (χ4v) is 2.77. The molecule has 2 heterocycles. The van der Waals surface area contributed by atoms with Gasteiger partial charge in [0.25, 0.3) is 5.56 Å². The topological polar surface area (TPSA) is 66.6 Å². The predicted molar refractivity (Wildman–Crippen MR) is 90.2 cm³/mol. The third-order valence-electron chi connectivity index (χ3n) is 4.23. The standard InChI is InChI=1S/C17H23N3O3/c1-3-20(4-2)6-5-18-10-13-7-12-8-15-16(23-11-22-15)9-14(12)19-17(13)21/h7-9,18H,3-6,10-11H2,1-2H3,(H,19,21). The van der Waals surface area contributed by atoms with Gasteiger partial charge in [-0.25, -0.2) is 0 Å². The van der Waals surface area contributed by atoms with Crippen LogP contribution >= 0.6 is 0 Å². The summed E-state index contributed by atoms with van der Waals surface area (Å²) in [5, 5.41) is 4.29. The van der Waals surface area contributed by atoms with Gasteiger partial charge in [0.1, 0.15) is 0 Å². The molecule has 6 heteroatoms. The number of fused-ring (bicyclic) bond motifs is 2. The Kier molecular flexibility index (Phi) is 4.83. The van der Waals surface area contributed by atoms with E-state index in [0.29, 0.717) is 12.3 Å². The van der Waals surface area contributed by atoms with E-state index >= 15 is 0 Å². The van der Waals surface area contributed by atoms with Crippen molar-refractivity contribution in [3.8, 4) is 11.5 Å². The highest BCUT2D eigenvalue weighted by Gasteiger charge is 2.15. The molecule has 124 valence electrons. The van der Waals surface area contributed by atoms with Crippen molar-refractivity contribution >= 4 is 10.9 Å². The van der Waals surface area contributed by atoms with Crippen LogP contribution in [0.5, 0.6) is 11.5 Å². The second-order valence-corrected chi connectivity index (χ2v) is 5.62. The van der Waals surface area contributed by atoms with Crippen LogP contribution in [0.15, 0.2) is 23.0 Å². The van der Waals surface area contributed by atoms with Crippen LogP contribution in [0.25, 0.3) is 10.9 Å². The average Bonchev–Trinajstić information content (AvgIpc) is 3.00. The maximum Gasteiger partial charge on any atom is 0.252 e. The van der Waals surface area contributed by atoms with E-state index in [1.54, 1.807) is 0 Å². The number of likely N-dealkylation sites (N-methyl/N-ethyl adjacent to an activating group) is 1. The highest BCUT2D eigenvalue weighted by molar-refractivity contribution is 5.83. The lowest BCUT2D eigenvalue weighted by Gasteiger charge is -2.17. The Morgan fingerprint density at radius 2 is 1.91 bits per heavy atom. The minimum atomic E-state index is -0.0632. The zero-order valence-electron chi connectivity index (χ0n) is 13.6. The number of hydrogen-bond donors (Lipinski definition) is 2. The maximum absolute atomic E-state index is 12.2. The summed E-state index contributed by atoms with van der Waals surface area (Å²) in [5.41, 5.74) is 1.44. The molecule has 1 aliphatic rings. The van der Waals surface area contributed by atoms with Crippen LogP contribution in [-0.4, -0.2) is 42.9 Å². The third kappa shape index (κ3) is 3.48. The quantitative estimate of drug-likeness (QED) is 0.761. The molecule has 0 unspecified atom stereocenters. The first-order chi connectivity index (χ1) is 11.2. The number of aromatic nitrogens is 1. The molecular formula is C17H23N3O3. The van der Waals surface area contributed by atoms with Crippen molar-refractivity contribution in [2.24, 2.45) is 0 Å². The fourth-order valence-electron chi connectivity index (χ4n) is 2.77. The van der Waals surface area contributed by atoms with Gasteiger partial charge in [-0.05, 0) is 25.2 Å². The van der Waals surface area contributed by atoms with E-state index in [0.717, 1.165) is 48.4 Å². The van der Waals surface area contributed by atoms with E-state index in [9.17, 15) is 4.79 Å². The molecule has 0 spiro atoms. The van der Waals surface area contributed by atoms with Crippen LogP contribution in [0.3, 0.4) is 0 Å². The van der Waals surface area contributed by atoms with Crippen LogP contribution < -0.4 is 20.3 Å². The molecule has 0 bridgehead atoms. The molecule has 2 aromatic rings. The molecule has 1 aromatic carbocycles. The second-order valence-electron chi connectivity index (χ2n) is 5.62. The van der Waals surface area contributed by atoms with Crippen molar-refractivity contribution in [2.45, 2.75) is 20.4 Å². The van der Waals surface area contributed by atoms with Gasteiger partial charge in [0.2, 0.25) is 6.79 Å². The Labute approximate surface area is 135 Å². The number of ether oxygens (including phenoxy) is 2. The van der Waals surface area contributed by atoms with Crippen LogP contribution in [0.1, 0.15) is 19.4 Å². The summed E-state index contributed by atoms with van der Waals surface area (Å²) >= 11 is 0. The van der Waals surface area contributed by atoms with E-state index in [-0.39, 0.29) is 12.4 Å². The molecule has 2 N–H and O–H groups in total. The van der Waals surface area contributed by atoms with Gasteiger partial charge in [0.05, 0.1) is 5.52 Å². The van der Waals surface area contributed by atoms with Gasteiger partial charge in [0.15, 0.2) is 11.5 Å². The lowest BCUT2D eigenvalue weighted by Crippen LogP contribution is -2.32. The SMILES string of the molecule is CCN(CC)CCNCc1cc2cc3c(cc2[nH]c1=O)OCO3. The van der Waals surface area contributed by atoms with Gasteiger partial charge in [-0.15, -0.1) is 0 Å². The molecule has 0 atom stereocenters. The Morgan fingerprint density at radius 1 is 1.17 bits per heavy atom. The van der Waals surface area contributed by atoms with Crippen molar-refractivity contribution in [3.05, 3.63) is 34.1 Å². The van der Waals surface area contributed by atoms with Crippen LogP contribution in [0, 0.1) is 0 Å². The van der Waals surface area contributed by atoms with Gasteiger partial charge >= 0.3 is 0 Å². The van der Waals surface area contributed by atoms with Gasteiger partial charge < -0.3 is 24.7 Å². The summed E-state index contributed by atoms with van der Waals surface area (Å²) in [6, 6.07) is 5.64. The van der Waals surface area contributed by atoms with E-state index in [1.807, 2.05) is 18.2 Å². The molecule has 6 nitrogen and oxygen atoms in total. The van der Waals surface area contributed by atoms with E-state index in [2.05, 4.69) is 29.0 Å². The maximum atomic E-state index is 12.2. The first-order valence-electron chi connectivity index (χ1n) is 8.10. The number of nitrogens with one attached hydrogen (secondary N) is 2. The molecule has 3 rings (SSSR count). The van der Waals surface area contributed by atoms with Gasteiger partial charge in [-0.1, -0.05) is 13.8 Å². The monoisotopic (exact) mass is 317 g/mol. The number of pyridine rings is 1. The first kappa shape index (κ1) is 15.8. The molecule has 0 fully saturated rings. The van der Waals surface area contributed by atoms with Crippen molar-refractivity contribution in [2.75, 3.05) is 33.0 Å². The molecule has 1 aromatic heterocycles.